The molecule has 4 heteroatoms. The van der Waals surface area contributed by atoms with Crippen LogP contribution in [0.15, 0.2) is 12.4 Å². The van der Waals surface area contributed by atoms with Gasteiger partial charge >= 0.3 is 5.97 Å². The van der Waals surface area contributed by atoms with Crippen molar-refractivity contribution in [2.75, 3.05) is 20.1 Å². The third-order valence-corrected chi connectivity index (χ3v) is 3.77. The van der Waals surface area contributed by atoms with Crippen LogP contribution in [0.2, 0.25) is 0 Å². The number of unbranched alkanes of at least 4 members (excludes halogenated alkanes) is 8. The first-order valence-electron chi connectivity index (χ1n) is 8.99. The second-order valence-corrected chi connectivity index (χ2v) is 6.08. The molecule has 4 nitrogen and oxygen atoms in total. The maximum Gasteiger partial charge on any atom is 0.303 e. The van der Waals surface area contributed by atoms with E-state index < -0.39 is 5.97 Å². The van der Waals surface area contributed by atoms with E-state index in [9.17, 15) is 4.79 Å². The van der Waals surface area contributed by atoms with E-state index in [1.54, 1.807) is 0 Å². The molecule has 2 N–H and O–H groups in total. The molecule has 0 spiro atoms. The van der Waals surface area contributed by atoms with E-state index in [1.807, 2.05) is 0 Å². The maximum atomic E-state index is 10.4. The van der Waals surface area contributed by atoms with Crippen LogP contribution in [0.25, 0.3) is 0 Å². The van der Waals surface area contributed by atoms with Gasteiger partial charge in [0, 0.05) is 39.0 Å². The fraction of sp³-hybridized carbons (Fsp3) is 0.833. The predicted molar refractivity (Wildman–Crippen MR) is 93.9 cm³/mol. The summed E-state index contributed by atoms with van der Waals surface area (Å²) in [6.45, 7) is 4.39. The Labute approximate surface area is 137 Å². The summed E-state index contributed by atoms with van der Waals surface area (Å²) in [4.78, 5) is 12.6. The molecule has 0 heterocycles. The Morgan fingerprint density at radius 2 is 1.59 bits per heavy atom. The zero-order valence-electron chi connectivity index (χ0n) is 14.6. The summed E-state index contributed by atoms with van der Waals surface area (Å²) in [5, 5.41) is 11.9. The molecule has 0 fully saturated rings. The Morgan fingerprint density at radius 3 is 2.18 bits per heavy atom. The van der Waals surface area contributed by atoms with E-state index in [1.165, 1.54) is 51.4 Å². The molecule has 130 valence electrons. The minimum atomic E-state index is -0.668. The Hall–Kier alpha value is -1.19. The topological polar surface area (TPSA) is 52.6 Å². The molecule has 0 saturated heterocycles. The van der Waals surface area contributed by atoms with Crippen LogP contribution in [0.1, 0.15) is 77.6 Å². The number of rotatable bonds is 16. The second-order valence-electron chi connectivity index (χ2n) is 6.08. The Balaban J connectivity index is 3.17. The maximum absolute atomic E-state index is 10.4. The van der Waals surface area contributed by atoms with Gasteiger partial charge in [-0.25, -0.2) is 0 Å². The molecule has 0 saturated carbocycles. The molecule has 0 bridgehead atoms. The van der Waals surface area contributed by atoms with Gasteiger partial charge in [0.1, 0.15) is 0 Å². The molecule has 0 atom stereocenters. The summed E-state index contributed by atoms with van der Waals surface area (Å²) >= 11 is 0. The number of hydrogen-bond acceptors (Lipinski definition) is 3. The van der Waals surface area contributed by atoms with Crippen LogP contribution >= 0.6 is 0 Å². The van der Waals surface area contributed by atoms with Crippen molar-refractivity contribution in [2.45, 2.75) is 77.6 Å². The first kappa shape index (κ1) is 20.8. The molecule has 0 rings (SSSR count). The van der Waals surface area contributed by atoms with Crippen LogP contribution in [0, 0.1) is 0 Å². The SMILES string of the molecule is CCCCN(C)/C=C\NCCCCCCCCCCC(=O)O. The highest BCUT2D eigenvalue weighted by molar-refractivity contribution is 5.66. The van der Waals surface area contributed by atoms with Crippen molar-refractivity contribution in [1.29, 1.82) is 0 Å². The molecule has 0 unspecified atom stereocenters. The van der Waals surface area contributed by atoms with Gasteiger partial charge in [-0.05, 0) is 19.3 Å². The zero-order chi connectivity index (χ0) is 16.5. The Morgan fingerprint density at radius 1 is 1.00 bits per heavy atom. The molecular formula is C18H36N2O2. The van der Waals surface area contributed by atoms with Crippen LogP contribution in [0.3, 0.4) is 0 Å². The van der Waals surface area contributed by atoms with E-state index in [4.69, 9.17) is 5.11 Å². The standard InChI is InChI=1S/C18H36N2O2/c1-3-4-16-20(2)17-15-19-14-12-10-8-6-5-7-9-11-13-18(21)22/h15,17,19H,3-14,16H2,1-2H3,(H,21,22)/b17-15-. The predicted octanol–water partition coefficient (Wildman–Crippen LogP) is 4.37. The van der Waals surface area contributed by atoms with Crippen LogP contribution in [0.4, 0.5) is 0 Å². The molecule has 0 radical (unpaired) electrons. The van der Waals surface area contributed by atoms with E-state index in [-0.39, 0.29) is 0 Å². The molecule has 0 amide bonds. The quantitative estimate of drug-likeness (QED) is 0.415. The lowest BCUT2D eigenvalue weighted by Gasteiger charge is -2.12. The van der Waals surface area contributed by atoms with E-state index >= 15 is 0 Å². The van der Waals surface area contributed by atoms with Gasteiger partial charge in [0.2, 0.25) is 0 Å². The third-order valence-electron chi connectivity index (χ3n) is 3.77. The average molecular weight is 312 g/mol. The van der Waals surface area contributed by atoms with Crippen molar-refractivity contribution in [3.63, 3.8) is 0 Å². The Kier molecular flexibility index (Phi) is 15.3. The molecule has 0 aromatic heterocycles. The average Bonchev–Trinajstić information content (AvgIpc) is 2.49. The lowest BCUT2D eigenvalue weighted by Crippen LogP contribution is -2.14. The van der Waals surface area contributed by atoms with Gasteiger partial charge in [-0.2, -0.15) is 0 Å². The van der Waals surface area contributed by atoms with Gasteiger partial charge in [-0.3, -0.25) is 4.79 Å². The zero-order valence-corrected chi connectivity index (χ0v) is 14.6. The van der Waals surface area contributed by atoms with Crippen LogP contribution in [-0.4, -0.2) is 36.1 Å². The van der Waals surface area contributed by atoms with Crippen molar-refractivity contribution in [2.24, 2.45) is 0 Å². The summed E-state index contributed by atoms with van der Waals surface area (Å²) in [7, 11) is 2.12. The molecule has 22 heavy (non-hydrogen) atoms. The number of carbonyl (C=O) groups is 1. The summed E-state index contributed by atoms with van der Waals surface area (Å²) in [5.41, 5.74) is 0. The van der Waals surface area contributed by atoms with Crippen LogP contribution in [-0.2, 0) is 4.79 Å². The molecule has 0 aliphatic heterocycles. The van der Waals surface area contributed by atoms with Gasteiger partial charge in [0.05, 0.1) is 0 Å². The molecule has 0 aromatic carbocycles. The van der Waals surface area contributed by atoms with Gasteiger partial charge in [0.25, 0.3) is 0 Å². The molecule has 0 aliphatic rings. The largest absolute Gasteiger partial charge is 0.481 e. The van der Waals surface area contributed by atoms with Crippen molar-refractivity contribution < 1.29 is 9.90 Å². The summed E-state index contributed by atoms with van der Waals surface area (Å²) in [6, 6.07) is 0. The van der Waals surface area contributed by atoms with Crippen LogP contribution in [0.5, 0.6) is 0 Å². The third kappa shape index (κ3) is 16.9. The second kappa shape index (κ2) is 16.2. The van der Waals surface area contributed by atoms with Crippen molar-refractivity contribution in [1.82, 2.24) is 10.2 Å². The molecular weight excluding hydrogens is 276 g/mol. The summed E-state index contributed by atoms with van der Waals surface area (Å²) in [6.07, 6.45) is 16.4. The highest BCUT2D eigenvalue weighted by Gasteiger charge is 1.96. The summed E-state index contributed by atoms with van der Waals surface area (Å²) < 4.78 is 0. The number of carboxylic acids is 1. The number of carboxylic acid groups (broad SMARTS) is 1. The van der Waals surface area contributed by atoms with E-state index in [2.05, 4.69) is 36.6 Å². The first-order valence-corrected chi connectivity index (χ1v) is 8.99. The Bertz CT molecular complexity index is 280. The molecule has 0 aromatic rings. The van der Waals surface area contributed by atoms with Gasteiger partial charge in [0.15, 0.2) is 0 Å². The highest BCUT2D eigenvalue weighted by Crippen LogP contribution is 2.09. The number of hydrogen-bond donors (Lipinski definition) is 2. The van der Waals surface area contributed by atoms with Gasteiger partial charge < -0.3 is 15.3 Å². The van der Waals surface area contributed by atoms with Crippen molar-refractivity contribution >= 4 is 5.97 Å². The minimum absolute atomic E-state index is 0.326. The fourth-order valence-corrected chi connectivity index (χ4v) is 2.31. The monoisotopic (exact) mass is 312 g/mol. The van der Waals surface area contributed by atoms with Gasteiger partial charge in [-0.15, -0.1) is 0 Å². The number of nitrogens with zero attached hydrogens (tertiary/aromatic N) is 1. The molecule has 0 aliphatic carbocycles. The lowest BCUT2D eigenvalue weighted by atomic mass is 10.1. The smallest absolute Gasteiger partial charge is 0.303 e. The fourth-order valence-electron chi connectivity index (χ4n) is 2.31. The number of nitrogens with one attached hydrogen (secondary N) is 1. The van der Waals surface area contributed by atoms with Crippen molar-refractivity contribution in [3.05, 3.63) is 12.4 Å². The van der Waals surface area contributed by atoms with Crippen LogP contribution < -0.4 is 5.32 Å². The highest BCUT2D eigenvalue weighted by atomic mass is 16.4. The lowest BCUT2D eigenvalue weighted by molar-refractivity contribution is -0.137. The summed E-state index contributed by atoms with van der Waals surface area (Å²) in [5.74, 6) is -0.668. The number of aliphatic carboxylic acids is 1. The van der Waals surface area contributed by atoms with E-state index in [0.29, 0.717) is 6.42 Å². The van der Waals surface area contributed by atoms with E-state index in [0.717, 1.165) is 25.9 Å². The normalized spacial score (nSPS) is 11.0. The minimum Gasteiger partial charge on any atom is -0.481 e. The first-order chi connectivity index (χ1) is 10.7. The van der Waals surface area contributed by atoms with Crippen molar-refractivity contribution in [3.8, 4) is 0 Å². The van der Waals surface area contributed by atoms with Gasteiger partial charge in [-0.1, -0.05) is 51.9 Å².